The lowest BCUT2D eigenvalue weighted by molar-refractivity contribution is -0.137. The third-order valence-corrected chi connectivity index (χ3v) is 2.51. The molecule has 4 heteroatoms. The van der Waals surface area contributed by atoms with Gasteiger partial charge in [-0.2, -0.15) is 0 Å². The SMILES string of the molecule is O=C(O)CCCCOCC1CCCCO1. The van der Waals surface area contributed by atoms with E-state index in [2.05, 4.69) is 0 Å². The van der Waals surface area contributed by atoms with E-state index in [1.165, 1.54) is 6.42 Å². The van der Waals surface area contributed by atoms with Crippen molar-refractivity contribution in [3.8, 4) is 0 Å². The van der Waals surface area contributed by atoms with Crippen LogP contribution < -0.4 is 0 Å². The highest BCUT2D eigenvalue weighted by molar-refractivity contribution is 5.66. The van der Waals surface area contributed by atoms with E-state index < -0.39 is 5.97 Å². The molecule has 0 radical (unpaired) electrons. The van der Waals surface area contributed by atoms with Crippen molar-refractivity contribution in [1.29, 1.82) is 0 Å². The number of rotatable bonds is 7. The summed E-state index contributed by atoms with van der Waals surface area (Å²) >= 11 is 0. The lowest BCUT2D eigenvalue weighted by Gasteiger charge is -2.22. The summed E-state index contributed by atoms with van der Waals surface area (Å²) in [6.45, 7) is 2.16. The quantitative estimate of drug-likeness (QED) is 0.659. The Hall–Kier alpha value is -0.610. The van der Waals surface area contributed by atoms with E-state index in [9.17, 15) is 4.79 Å². The van der Waals surface area contributed by atoms with Crippen LogP contribution in [0.2, 0.25) is 0 Å². The van der Waals surface area contributed by atoms with Crippen molar-refractivity contribution in [2.24, 2.45) is 0 Å². The summed E-state index contributed by atoms with van der Waals surface area (Å²) < 4.78 is 10.9. The fourth-order valence-electron chi connectivity index (χ4n) is 1.63. The first-order valence-electron chi connectivity index (χ1n) is 5.70. The van der Waals surface area contributed by atoms with Crippen LogP contribution in [-0.4, -0.2) is 37.0 Å². The van der Waals surface area contributed by atoms with E-state index in [-0.39, 0.29) is 12.5 Å². The van der Waals surface area contributed by atoms with Crippen molar-refractivity contribution in [3.05, 3.63) is 0 Å². The molecule has 0 aromatic rings. The largest absolute Gasteiger partial charge is 0.481 e. The molecule has 0 aromatic carbocycles. The van der Waals surface area contributed by atoms with E-state index >= 15 is 0 Å². The molecule has 1 heterocycles. The number of hydrogen-bond acceptors (Lipinski definition) is 3. The van der Waals surface area contributed by atoms with Crippen molar-refractivity contribution in [3.63, 3.8) is 0 Å². The van der Waals surface area contributed by atoms with Gasteiger partial charge in [-0.15, -0.1) is 0 Å². The van der Waals surface area contributed by atoms with E-state index in [0.29, 0.717) is 19.6 Å². The third-order valence-electron chi connectivity index (χ3n) is 2.51. The normalized spacial score (nSPS) is 21.5. The van der Waals surface area contributed by atoms with Gasteiger partial charge in [0.05, 0.1) is 12.7 Å². The first kappa shape index (κ1) is 12.5. The second-order valence-electron chi connectivity index (χ2n) is 3.91. The van der Waals surface area contributed by atoms with E-state index in [0.717, 1.165) is 25.9 Å². The smallest absolute Gasteiger partial charge is 0.303 e. The van der Waals surface area contributed by atoms with Crippen molar-refractivity contribution in [1.82, 2.24) is 0 Å². The molecule has 0 saturated carbocycles. The molecule has 1 aliphatic rings. The molecule has 1 unspecified atom stereocenters. The van der Waals surface area contributed by atoms with Crippen molar-refractivity contribution in [2.75, 3.05) is 19.8 Å². The summed E-state index contributed by atoms with van der Waals surface area (Å²) in [5.74, 6) is -0.731. The third kappa shape index (κ3) is 6.47. The Labute approximate surface area is 90.6 Å². The van der Waals surface area contributed by atoms with Crippen LogP contribution in [0, 0.1) is 0 Å². The highest BCUT2D eigenvalue weighted by Gasteiger charge is 2.13. The minimum atomic E-state index is -0.731. The van der Waals surface area contributed by atoms with Gasteiger partial charge in [-0.3, -0.25) is 4.79 Å². The minimum Gasteiger partial charge on any atom is -0.481 e. The number of carboxylic acids is 1. The molecule has 1 aliphatic heterocycles. The standard InChI is InChI=1S/C11H20O4/c12-11(13)6-2-3-7-14-9-10-5-1-4-8-15-10/h10H,1-9H2,(H,12,13). The van der Waals surface area contributed by atoms with Gasteiger partial charge in [-0.25, -0.2) is 0 Å². The molecule has 1 saturated heterocycles. The molecule has 15 heavy (non-hydrogen) atoms. The molecular formula is C11H20O4. The molecule has 0 aromatic heterocycles. The number of hydrogen-bond donors (Lipinski definition) is 1. The second kappa shape index (κ2) is 7.65. The average molecular weight is 216 g/mol. The Balaban J connectivity index is 1.85. The van der Waals surface area contributed by atoms with Crippen LogP contribution in [0.5, 0.6) is 0 Å². The lowest BCUT2D eigenvalue weighted by Crippen LogP contribution is -2.24. The minimum absolute atomic E-state index is 0.239. The number of unbranched alkanes of at least 4 members (excludes halogenated alkanes) is 1. The van der Waals surface area contributed by atoms with Gasteiger partial charge in [0.25, 0.3) is 0 Å². The Morgan fingerprint density at radius 3 is 2.93 bits per heavy atom. The van der Waals surface area contributed by atoms with Crippen LogP contribution in [0.25, 0.3) is 0 Å². The van der Waals surface area contributed by atoms with Crippen LogP contribution in [-0.2, 0) is 14.3 Å². The van der Waals surface area contributed by atoms with Crippen molar-refractivity contribution in [2.45, 2.75) is 44.6 Å². The topological polar surface area (TPSA) is 55.8 Å². The Bertz CT molecular complexity index is 175. The van der Waals surface area contributed by atoms with Crippen LogP contribution in [0.3, 0.4) is 0 Å². The zero-order valence-corrected chi connectivity index (χ0v) is 9.11. The molecule has 1 rings (SSSR count). The monoisotopic (exact) mass is 216 g/mol. The van der Waals surface area contributed by atoms with Gasteiger partial charge in [0, 0.05) is 19.6 Å². The van der Waals surface area contributed by atoms with Crippen LogP contribution in [0.4, 0.5) is 0 Å². The van der Waals surface area contributed by atoms with Gasteiger partial charge in [0.2, 0.25) is 0 Å². The first-order chi connectivity index (χ1) is 7.29. The van der Waals surface area contributed by atoms with Gasteiger partial charge >= 0.3 is 5.97 Å². The molecule has 1 atom stereocenters. The van der Waals surface area contributed by atoms with Crippen molar-refractivity contribution < 1.29 is 19.4 Å². The lowest BCUT2D eigenvalue weighted by atomic mass is 10.1. The first-order valence-corrected chi connectivity index (χ1v) is 5.70. The maximum atomic E-state index is 10.2. The molecule has 4 nitrogen and oxygen atoms in total. The fraction of sp³-hybridized carbons (Fsp3) is 0.909. The predicted octanol–water partition coefficient (Wildman–Crippen LogP) is 1.83. The average Bonchev–Trinajstić information content (AvgIpc) is 2.24. The van der Waals surface area contributed by atoms with E-state index in [1.807, 2.05) is 0 Å². The molecule has 0 amide bonds. The van der Waals surface area contributed by atoms with Gasteiger partial charge in [0.15, 0.2) is 0 Å². The highest BCUT2D eigenvalue weighted by Crippen LogP contribution is 2.12. The molecule has 88 valence electrons. The zero-order valence-electron chi connectivity index (χ0n) is 9.11. The van der Waals surface area contributed by atoms with Crippen LogP contribution in [0.1, 0.15) is 38.5 Å². The maximum Gasteiger partial charge on any atom is 0.303 e. The summed E-state index contributed by atoms with van der Waals surface area (Å²) in [4.78, 5) is 10.2. The predicted molar refractivity (Wildman–Crippen MR) is 55.9 cm³/mol. The number of carboxylic acid groups (broad SMARTS) is 1. The summed E-state index contributed by atoms with van der Waals surface area (Å²) in [5.41, 5.74) is 0. The fourth-order valence-corrected chi connectivity index (χ4v) is 1.63. The molecule has 0 spiro atoms. The number of aliphatic carboxylic acids is 1. The molecule has 1 N–H and O–H groups in total. The van der Waals surface area contributed by atoms with Crippen molar-refractivity contribution >= 4 is 5.97 Å². The summed E-state index contributed by atoms with van der Waals surface area (Å²) in [5, 5.41) is 8.41. The second-order valence-corrected chi connectivity index (χ2v) is 3.91. The van der Waals surface area contributed by atoms with Gasteiger partial charge in [-0.1, -0.05) is 0 Å². The van der Waals surface area contributed by atoms with E-state index in [1.54, 1.807) is 0 Å². The Morgan fingerprint density at radius 2 is 2.27 bits per heavy atom. The van der Waals surface area contributed by atoms with Gasteiger partial charge in [-0.05, 0) is 32.1 Å². The highest BCUT2D eigenvalue weighted by atomic mass is 16.5. The number of carbonyl (C=O) groups is 1. The zero-order chi connectivity index (χ0) is 10.9. The number of ether oxygens (including phenoxy) is 2. The maximum absolute atomic E-state index is 10.2. The van der Waals surface area contributed by atoms with Gasteiger partial charge < -0.3 is 14.6 Å². The van der Waals surface area contributed by atoms with Crippen LogP contribution in [0.15, 0.2) is 0 Å². The summed E-state index contributed by atoms with van der Waals surface area (Å²) in [6.07, 6.45) is 5.50. The van der Waals surface area contributed by atoms with Crippen LogP contribution >= 0.6 is 0 Å². The molecule has 0 bridgehead atoms. The van der Waals surface area contributed by atoms with E-state index in [4.69, 9.17) is 14.6 Å². The summed E-state index contributed by atoms with van der Waals surface area (Å²) in [7, 11) is 0. The Kier molecular flexibility index (Phi) is 6.36. The molecular weight excluding hydrogens is 196 g/mol. The van der Waals surface area contributed by atoms with Gasteiger partial charge in [0.1, 0.15) is 0 Å². The molecule has 0 aliphatic carbocycles. The Morgan fingerprint density at radius 1 is 1.40 bits per heavy atom. The summed E-state index contributed by atoms with van der Waals surface area (Å²) in [6, 6.07) is 0. The molecule has 1 fully saturated rings.